The van der Waals surface area contributed by atoms with Gasteiger partial charge in [-0.25, -0.2) is 0 Å². The largest absolute Gasteiger partial charge is 0.466 e. The highest BCUT2D eigenvalue weighted by Crippen LogP contribution is 2.20. The molecule has 3 N–H and O–H groups in total. The summed E-state index contributed by atoms with van der Waals surface area (Å²) in [7, 11) is 0. The van der Waals surface area contributed by atoms with Gasteiger partial charge in [0.2, 0.25) is 5.91 Å². The van der Waals surface area contributed by atoms with Crippen molar-refractivity contribution in [3.63, 3.8) is 0 Å². The number of aliphatic hydroxyl groups is 2. The van der Waals surface area contributed by atoms with Crippen LogP contribution in [0, 0.1) is 0 Å². The van der Waals surface area contributed by atoms with Gasteiger partial charge in [-0.05, 0) is 77.0 Å². The number of amides is 1. The first-order valence-electron chi connectivity index (χ1n) is 41.6. The normalized spacial score (nSPS) is 12.5. The highest BCUT2D eigenvalue weighted by molar-refractivity contribution is 5.76. The fourth-order valence-corrected chi connectivity index (χ4v) is 13.4. The summed E-state index contributed by atoms with van der Waals surface area (Å²) in [5, 5.41) is 23.4. The predicted molar refractivity (Wildman–Crippen MR) is 398 cm³/mol. The Balaban J connectivity index is 3.31. The van der Waals surface area contributed by atoms with Crippen molar-refractivity contribution in [2.24, 2.45) is 0 Å². The SMILES string of the molecule is CCCCCCCC/C=C\CCCCCCCCCC(=O)OCCCCCCCCCCCCCCCCCCCC/C=C\CCCCCCCCCCCCCCCCCCCC(=O)NC(CO)C(O)CCCCCCCCCCCCCCCCCCC. The van der Waals surface area contributed by atoms with Crippen molar-refractivity contribution in [2.45, 2.75) is 488 Å². The standard InChI is InChI=1S/C84H163NO5/c1-3-5-7-9-11-13-15-17-19-44-48-52-56-60-64-68-72-76-82(87)81(80-86)85-83(88)77-73-69-65-61-57-53-49-46-42-40-38-36-34-32-30-28-26-24-22-21-23-25-27-29-31-33-35-37-39-41-43-47-51-55-59-63-67-71-75-79-90-84(89)78-74-70-66-62-58-54-50-45-20-18-16-14-12-10-8-6-4-2/h18,20-22,81-82,86-87H,3-17,19,23-80H2,1-2H3,(H,85,88)/b20-18-,22-21-. The lowest BCUT2D eigenvalue weighted by Gasteiger charge is -2.22. The van der Waals surface area contributed by atoms with Crippen molar-refractivity contribution in [3.8, 4) is 0 Å². The molecule has 0 aliphatic rings. The molecule has 0 aromatic rings. The summed E-state index contributed by atoms with van der Waals surface area (Å²) >= 11 is 0. The molecule has 534 valence electrons. The van der Waals surface area contributed by atoms with Crippen molar-refractivity contribution in [1.29, 1.82) is 0 Å². The number of allylic oxidation sites excluding steroid dienone is 4. The quantitative estimate of drug-likeness (QED) is 0.0320. The van der Waals surface area contributed by atoms with Crippen LogP contribution in [0.4, 0.5) is 0 Å². The average Bonchev–Trinajstić information content (AvgIpc) is 3.69. The number of carbonyl (C=O) groups is 2. The second-order valence-corrected chi connectivity index (χ2v) is 28.8. The van der Waals surface area contributed by atoms with Crippen molar-refractivity contribution in [1.82, 2.24) is 5.32 Å². The Kier molecular flexibility index (Phi) is 78.3. The maximum Gasteiger partial charge on any atom is 0.305 e. The molecule has 0 aliphatic heterocycles. The fraction of sp³-hybridized carbons (Fsp3) is 0.929. The van der Waals surface area contributed by atoms with Crippen LogP contribution in [-0.4, -0.2) is 47.4 Å². The van der Waals surface area contributed by atoms with Crippen LogP contribution < -0.4 is 5.32 Å². The molecule has 0 radical (unpaired) electrons. The molecule has 2 unspecified atom stereocenters. The van der Waals surface area contributed by atoms with Gasteiger partial charge in [-0.15, -0.1) is 0 Å². The summed E-state index contributed by atoms with van der Waals surface area (Å²) in [6.45, 7) is 5.00. The number of unbranched alkanes of at least 4 members (excludes halogenated alkanes) is 64. The van der Waals surface area contributed by atoms with Gasteiger partial charge in [-0.3, -0.25) is 9.59 Å². The molecule has 0 fully saturated rings. The van der Waals surface area contributed by atoms with Gasteiger partial charge in [0.25, 0.3) is 0 Å². The second kappa shape index (κ2) is 79.8. The third-order valence-corrected chi connectivity index (χ3v) is 19.7. The molecule has 0 saturated carbocycles. The number of esters is 1. The summed E-state index contributed by atoms with van der Waals surface area (Å²) in [4.78, 5) is 24.7. The topological polar surface area (TPSA) is 95.9 Å². The molecule has 0 aromatic heterocycles. The van der Waals surface area contributed by atoms with Crippen molar-refractivity contribution in [3.05, 3.63) is 24.3 Å². The van der Waals surface area contributed by atoms with E-state index in [1.165, 1.54) is 405 Å². The fourth-order valence-electron chi connectivity index (χ4n) is 13.4. The third kappa shape index (κ3) is 75.4. The first-order valence-corrected chi connectivity index (χ1v) is 41.6. The van der Waals surface area contributed by atoms with E-state index in [9.17, 15) is 19.8 Å². The summed E-state index contributed by atoms with van der Waals surface area (Å²) in [5.74, 6) is -0.00595. The van der Waals surface area contributed by atoms with E-state index in [2.05, 4.69) is 43.5 Å². The highest BCUT2D eigenvalue weighted by Gasteiger charge is 2.20. The molecule has 1 amide bonds. The van der Waals surface area contributed by atoms with Gasteiger partial charge in [0, 0.05) is 12.8 Å². The van der Waals surface area contributed by atoms with Crippen LogP contribution in [0.25, 0.3) is 0 Å². The van der Waals surface area contributed by atoms with E-state index in [0.29, 0.717) is 25.9 Å². The Morgan fingerprint density at radius 2 is 0.522 bits per heavy atom. The lowest BCUT2D eigenvalue weighted by molar-refractivity contribution is -0.143. The lowest BCUT2D eigenvalue weighted by atomic mass is 10.0. The predicted octanol–water partition coefficient (Wildman–Crippen LogP) is 27.6. The summed E-state index contributed by atoms with van der Waals surface area (Å²) < 4.78 is 5.51. The van der Waals surface area contributed by atoms with E-state index >= 15 is 0 Å². The molecular weight excluding hydrogens is 1100 g/mol. The minimum Gasteiger partial charge on any atom is -0.466 e. The Hall–Kier alpha value is -1.66. The highest BCUT2D eigenvalue weighted by atomic mass is 16.5. The Bertz CT molecular complexity index is 1410. The van der Waals surface area contributed by atoms with E-state index < -0.39 is 12.1 Å². The van der Waals surface area contributed by atoms with Gasteiger partial charge >= 0.3 is 5.97 Å². The number of aliphatic hydroxyl groups excluding tert-OH is 2. The molecule has 0 bridgehead atoms. The van der Waals surface area contributed by atoms with Gasteiger partial charge < -0.3 is 20.3 Å². The van der Waals surface area contributed by atoms with Crippen LogP contribution in [0.2, 0.25) is 0 Å². The van der Waals surface area contributed by atoms with Crippen LogP contribution in [0.3, 0.4) is 0 Å². The van der Waals surface area contributed by atoms with Crippen LogP contribution in [0.5, 0.6) is 0 Å². The van der Waals surface area contributed by atoms with E-state index in [-0.39, 0.29) is 18.5 Å². The maximum absolute atomic E-state index is 12.5. The van der Waals surface area contributed by atoms with Crippen molar-refractivity contribution >= 4 is 11.9 Å². The van der Waals surface area contributed by atoms with Gasteiger partial charge in [-0.2, -0.15) is 0 Å². The molecule has 0 spiro atoms. The summed E-state index contributed by atoms with van der Waals surface area (Å²) in [6.07, 6.45) is 103. The molecule has 2 atom stereocenters. The summed E-state index contributed by atoms with van der Waals surface area (Å²) in [6, 6.07) is -0.538. The molecule has 6 heteroatoms. The number of rotatable bonds is 79. The number of nitrogens with one attached hydrogen (secondary N) is 1. The second-order valence-electron chi connectivity index (χ2n) is 28.8. The van der Waals surface area contributed by atoms with Gasteiger partial charge in [0.05, 0.1) is 25.4 Å². The molecule has 6 nitrogen and oxygen atoms in total. The Labute approximate surface area is 564 Å². The molecule has 0 aromatic carbocycles. The monoisotopic (exact) mass is 1270 g/mol. The van der Waals surface area contributed by atoms with Gasteiger partial charge in [0.15, 0.2) is 0 Å². The zero-order chi connectivity index (χ0) is 64.9. The molecule has 90 heavy (non-hydrogen) atoms. The number of ether oxygens (including phenoxy) is 1. The number of carbonyl (C=O) groups excluding carboxylic acids is 2. The first-order chi connectivity index (χ1) is 44.5. The van der Waals surface area contributed by atoms with Crippen LogP contribution >= 0.6 is 0 Å². The van der Waals surface area contributed by atoms with E-state index in [4.69, 9.17) is 4.74 Å². The molecule has 0 heterocycles. The summed E-state index contributed by atoms with van der Waals surface area (Å²) in [5.41, 5.74) is 0. The Morgan fingerprint density at radius 1 is 0.300 bits per heavy atom. The Morgan fingerprint density at radius 3 is 0.789 bits per heavy atom. The maximum atomic E-state index is 12.5. The first kappa shape index (κ1) is 88.3. The van der Waals surface area contributed by atoms with E-state index in [1.807, 2.05) is 0 Å². The molecule has 0 rings (SSSR count). The van der Waals surface area contributed by atoms with Crippen LogP contribution in [0.15, 0.2) is 24.3 Å². The van der Waals surface area contributed by atoms with Gasteiger partial charge in [0.1, 0.15) is 0 Å². The minimum absolute atomic E-state index is 0.0201. The van der Waals surface area contributed by atoms with Gasteiger partial charge in [-0.1, -0.05) is 411 Å². The van der Waals surface area contributed by atoms with Crippen molar-refractivity contribution in [2.75, 3.05) is 13.2 Å². The molecule has 0 saturated heterocycles. The average molecular weight is 1270 g/mol. The van der Waals surface area contributed by atoms with E-state index in [0.717, 1.165) is 38.5 Å². The van der Waals surface area contributed by atoms with Crippen molar-refractivity contribution < 1.29 is 24.5 Å². The van der Waals surface area contributed by atoms with Crippen LogP contribution in [-0.2, 0) is 14.3 Å². The zero-order valence-electron chi connectivity index (χ0n) is 61.4. The van der Waals surface area contributed by atoms with Crippen LogP contribution in [0.1, 0.15) is 476 Å². The number of hydrogen-bond acceptors (Lipinski definition) is 5. The zero-order valence-corrected chi connectivity index (χ0v) is 61.4. The number of hydrogen-bond donors (Lipinski definition) is 3. The smallest absolute Gasteiger partial charge is 0.305 e. The molecule has 0 aliphatic carbocycles. The molecular formula is C84H163NO5. The third-order valence-electron chi connectivity index (χ3n) is 19.7. The minimum atomic E-state index is -0.661. The van der Waals surface area contributed by atoms with E-state index in [1.54, 1.807) is 0 Å². The lowest BCUT2D eigenvalue weighted by Crippen LogP contribution is -2.45.